The first-order valence-electron chi connectivity index (χ1n) is 6.21. The summed E-state index contributed by atoms with van der Waals surface area (Å²) >= 11 is 0. The van der Waals surface area contributed by atoms with Crippen LogP contribution in [0.4, 0.5) is 0 Å². The molecule has 1 heteroatoms. The number of hydrogen-bond acceptors (Lipinski definition) is 1. The molecule has 0 amide bonds. The highest BCUT2D eigenvalue weighted by molar-refractivity contribution is 5.35. The van der Waals surface area contributed by atoms with Crippen molar-refractivity contribution in [3.63, 3.8) is 0 Å². The maximum Gasteiger partial charge on any atom is 0.119 e. The molecule has 0 spiro atoms. The van der Waals surface area contributed by atoms with E-state index >= 15 is 0 Å². The number of aryl methyl sites for hydroxylation is 1. The minimum atomic E-state index is 0.288. The minimum Gasteiger partial charge on any atom is -0.493 e. The van der Waals surface area contributed by atoms with Crippen LogP contribution in [-0.2, 0) is 6.42 Å². The predicted molar refractivity (Wildman–Crippen MR) is 73.2 cm³/mol. The Morgan fingerprint density at radius 1 is 1.29 bits per heavy atom. The predicted octanol–water partition coefficient (Wildman–Crippen LogP) is 3.84. The summed E-state index contributed by atoms with van der Waals surface area (Å²) in [6, 6.07) is 6.26. The van der Waals surface area contributed by atoms with Crippen molar-refractivity contribution in [2.45, 2.75) is 34.1 Å². The van der Waals surface area contributed by atoms with Gasteiger partial charge in [-0.25, -0.2) is 0 Å². The zero-order valence-corrected chi connectivity index (χ0v) is 11.3. The quantitative estimate of drug-likeness (QED) is 0.698. The van der Waals surface area contributed by atoms with Crippen LogP contribution < -0.4 is 4.74 Å². The molecule has 0 radical (unpaired) electrons. The summed E-state index contributed by atoms with van der Waals surface area (Å²) in [5.74, 6) is 4.56. The molecular formula is C16H22O. The Morgan fingerprint density at radius 3 is 2.53 bits per heavy atom. The van der Waals surface area contributed by atoms with E-state index in [0.29, 0.717) is 5.92 Å². The van der Waals surface area contributed by atoms with Gasteiger partial charge in [0.05, 0.1) is 6.61 Å². The van der Waals surface area contributed by atoms with Gasteiger partial charge in [0.2, 0.25) is 0 Å². The Morgan fingerprint density at radius 2 is 2.00 bits per heavy atom. The second-order valence-corrected chi connectivity index (χ2v) is 5.06. The molecular weight excluding hydrogens is 208 g/mol. The van der Waals surface area contributed by atoms with Crippen LogP contribution in [0.1, 0.15) is 31.9 Å². The van der Waals surface area contributed by atoms with Crippen LogP contribution in [0.15, 0.2) is 18.2 Å². The fraction of sp³-hybridized carbons (Fsp3) is 0.500. The zero-order chi connectivity index (χ0) is 12.8. The number of terminal acetylenes is 1. The SMILES string of the molecule is C#CC(C)Cc1ccc(OCC(C)C)cc1C. The topological polar surface area (TPSA) is 9.23 Å². The smallest absolute Gasteiger partial charge is 0.119 e. The van der Waals surface area contributed by atoms with Crippen molar-refractivity contribution in [3.05, 3.63) is 29.3 Å². The van der Waals surface area contributed by atoms with Gasteiger partial charge in [-0.1, -0.05) is 26.8 Å². The Kier molecular flexibility index (Phi) is 5.10. The van der Waals surface area contributed by atoms with Crippen LogP contribution in [-0.4, -0.2) is 6.61 Å². The number of rotatable bonds is 5. The molecule has 0 aliphatic rings. The molecule has 0 aliphatic carbocycles. The Bertz CT molecular complexity index is 398. The first kappa shape index (κ1) is 13.6. The van der Waals surface area contributed by atoms with Crippen LogP contribution >= 0.6 is 0 Å². The average Bonchev–Trinajstić information content (AvgIpc) is 2.29. The molecule has 0 saturated heterocycles. The molecule has 1 aromatic rings. The molecule has 1 unspecified atom stereocenters. The van der Waals surface area contributed by atoms with E-state index in [9.17, 15) is 0 Å². The van der Waals surface area contributed by atoms with Crippen LogP contribution in [0.25, 0.3) is 0 Å². The van der Waals surface area contributed by atoms with Gasteiger partial charge in [-0.05, 0) is 42.5 Å². The summed E-state index contributed by atoms with van der Waals surface area (Å²) < 4.78 is 5.69. The van der Waals surface area contributed by atoms with E-state index in [1.807, 2.05) is 6.07 Å². The molecule has 0 aliphatic heterocycles. The van der Waals surface area contributed by atoms with Crippen LogP contribution in [0.3, 0.4) is 0 Å². The van der Waals surface area contributed by atoms with Gasteiger partial charge in [0.1, 0.15) is 5.75 Å². The maximum absolute atomic E-state index is 5.69. The summed E-state index contributed by atoms with van der Waals surface area (Å²) in [6.45, 7) is 9.24. The third-order valence-corrected chi connectivity index (χ3v) is 2.71. The maximum atomic E-state index is 5.69. The van der Waals surface area contributed by atoms with E-state index in [0.717, 1.165) is 18.8 Å². The van der Waals surface area contributed by atoms with E-state index in [2.05, 4.69) is 45.7 Å². The molecule has 0 aromatic heterocycles. The Labute approximate surface area is 105 Å². The molecule has 1 nitrogen and oxygen atoms in total. The highest BCUT2D eigenvalue weighted by Crippen LogP contribution is 2.20. The van der Waals surface area contributed by atoms with Crippen LogP contribution in [0, 0.1) is 31.1 Å². The van der Waals surface area contributed by atoms with Gasteiger partial charge in [0, 0.05) is 5.92 Å². The fourth-order valence-electron chi connectivity index (χ4n) is 1.64. The lowest BCUT2D eigenvalue weighted by Gasteiger charge is -2.12. The van der Waals surface area contributed by atoms with Crippen LogP contribution in [0.5, 0.6) is 5.75 Å². The van der Waals surface area contributed by atoms with Crippen molar-refractivity contribution >= 4 is 0 Å². The van der Waals surface area contributed by atoms with Crippen molar-refractivity contribution in [2.75, 3.05) is 6.61 Å². The van der Waals surface area contributed by atoms with Crippen molar-refractivity contribution in [3.8, 4) is 18.1 Å². The van der Waals surface area contributed by atoms with Gasteiger partial charge in [0.15, 0.2) is 0 Å². The van der Waals surface area contributed by atoms with E-state index in [-0.39, 0.29) is 5.92 Å². The molecule has 0 bridgehead atoms. The van der Waals surface area contributed by atoms with Crippen molar-refractivity contribution in [1.82, 2.24) is 0 Å². The summed E-state index contributed by atoms with van der Waals surface area (Å²) in [5.41, 5.74) is 2.57. The molecule has 1 rings (SSSR count). The molecule has 0 fully saturated rings. The molecule has 1 aromatic carbocycles. The summed E-state index contributed by atoms with van der Waals surface area (Å²) in [7, 11) is 0. The second kappa shape index (κ2) is 6.35. The lowest BCUT2D eigenvalue weighted by atomic mass is 9.98. The molecule has 17 heavy (non-hydrogen) atoms. The average molecular weight is 230 g/mol. The van der Waals surface area contributed by atoms with Gasteiger partial charge >= 0.3 is 0 Å². The monoisotopic (exact) mass is 230 g/mol. The van der Waals surface area contributed by atoms with Crippen molar-refractivity contribution < 1.29 is 4.74 Å². The Hall–Kier alpha value is -1.42. The van der Waals surface area contributed by atoms with Gasteiger partial charge in [0.25, 0.3) is 0 Å². The van der Waals surface area contributed by atoms with Crippen LogP contribution in [0.2, 0.25) is 0 Å². The van der Waals surface area contributed by atoms with E-state index in [1.165, 1.54) is 11.1 Å². The first-order valence-corrected chi connectivity index (χ1v) is 6.21. The third kappa shape index (κ3) is 4.53. The highest BCUT2D eigenvalue weighted by atomic mass is 16.5. The second-order valence-electron chi connectivity index (χ2n) is 5.06. The number of ether oxygens (including phenoxy) is 1. The summed E-state index contributed by atoms with van der Waals surface area (Å²) in [5, 5.41) is 0. The van der Waals surface area contributed by atoms with Gasteiger partial charge in [-0.15, -0.1) is 12.3 Å². The zero-order valence-electron chi connectivity index (χ0n) is 11.3. The van der Waals surface area contributed by atoms with E-state index in [4.69, 9.17) is 11.2 Å². The molecule has 1 atom stereocenters. The molecule has 0 N–H and O–H groups in total. The summed E-state index contributed by atoms with van der Waals surface area (Å²) in [4.78, 5) is 0. The number of hydrogen-bond donors (Lipinski definition) is 0. The highest BCUT2D eigenvalue weighted by Gasteiger charge is 2.05. The van der Waals surface area contributed by atoms with Gasteiger partial charge in [-0.2, -0.15) is 0 Å². The standard InChI is InChI=1S/C16H22O/c1-6-13(4)9-15-7-8-16(10-14(15)5)17-11-12(2)3/h1,7-8,10,12-13H,9,11H2,2-5H3. The molecule has 92 valence electrons. The Balaban J connectivity index is 2.69. The largest absolute Gasteiger partial charge is 0.493 e. The normalized spacial score (nSPS) is 12.2. The van der Waals surface area contributed by atoms with Gasteiger partial charge < -0.3 is 4.74 Å². The lowest BCUT2D eigenvalue weighted by molar-refractivity contribution is 0.271. The summed E-state index contributed by atoms with van der Waals surface area (Å²) in [6.07, 6.45) is 6.34. The molecule has 0 saturated carbocycles. The van der Waals surface area contributed by atoms with Crippen molar-refractivity contribution in [2.24, 2.45) is 11.8 Å². The van der Waals surface area contributed by atoms with Crippen molar-refractivity contribution in [1.29, 1.82) is 0 Å². The molecule has 0 heterocycles. The first-order chi connectivity index (χ1) is 8.02. The van der Waals surface area contributed by atoms with Gasteiger partial charge in [-0.3, -0.25) is 0 Å². The third-order valence-electron chi connectivity index (χ3n) is 2.71. The lowest BCUT2D eigenvalue weighted by Crippen LogP contribution is -2.05. The van der Waals surface area contributed by atoms with E-state index in [1.54, 1.807) is 0 Å². The number of benzene rings is 1. The fourth-order valence-corrected chi connectivity index (χ4v) is 1.64. The minimum absolute atomic E-state index is 0.288. The van der Waals surface area contributed by atoms with E-state index < -0.39 is 0 Å².